The van der Waals surface area contributed by atoms with E-state index in [1.165, 1.54) is 0 Å². The van der Waals surface area contributed by atoms with Crippen LogP contribution in [0.3, 0.4) is 0 Å². The molecule has 1 unspecified atom stereocenters. The maximum Gasteiger partial charge on any atom is 0.119 e. The van der Waals surface area contributed by atoms with Crippen molar-refractivity contribution in [1.29, 1.82) is 0 Å². The van der Waals surface area contributed by atoms with E-state index in [9.17, 15) is 9.90 Å². The number of hydrogen-bond donors (Lipinski definition) is 1. The fraction of sp³-hybridized carbons (Fsp3) is 0.462. The van der Waals surface area contributed by atoms with Crippen molar-refractivity contribution in [2.45, 2.75) is 19.4 Å². The largest absolute Gasteiger partial charge is 0.547 e. The molecule has 1 rings (SSSR count). The van der Waals surface area contributed by atoms with Crippen LogP contribution in [0.4, 0.5) is 0 Å². The lowest BCUT2D eigenvalue weighted by molar-refractivity contribution is -0.316. The normalized spacial score (nSPS) is 12.1. The molecule has 0 radical (unpaired) electrons. The Balaban J connectivity index is 2.58. The van der Waals surface area contributed by atoms with E-state index >= 15 is 0 Å². The van der Waals surface area contributed by atoms with E-state index in [0.717, 1.165) is 5.56 Å². The van der Waals surface area contributed by atoms with Gasteiger partial charge in [-0.15, -0.1) is 0 Å². The molecule has 0 heterocycles. The minimum Gasteiger partial charge on any atom is -0.547 e. The van der Waals surface area contributed by atoms with Crippen LogP contribution in [0, 0.1) is 0 Å². The standard InChI is InChI=1S/C13H19NO4/c1-2-17-12(13(15)16)9-10-3-5-11(6-4-10)18-8-7-14/h3-6,12H,2,7-9,14H2,1H3,(H,15,16)/p-1. The maximum atomic E-state index is 10.8. The van der Waals surface area contributed by atoms with Crippen molar-refractivity contribution in [3.05, 3.63) is 29.8 Å². The predicted molar refractivity (Wildman–Crippen MR) is 65.1 cm³/mol. The predicted octanol–water partition coefficient (Wildman–Crippen LogP) is -0.278. The van der Waals surface area contributed by atoms with Crippen LogP contribution in [0.25, 0.3) is 0 Å². The second-order valence-corrected chi connectivity index (χ2v) is 3.75. The van der Waals surface area contributed by atoms with Crippen molar-refractivity contribution < 1.29 is 19.4 Å². The Morgan fingerprint density at radius 2 is 2.06 bits per heavy atom. The van der Waals surface area contributed by atoms with E-state index in [-0.39, 0.29) is 6.42 Å². The Hall–Kier alpha value is -1.59. The Kier molecular flexibility index (Phi) is 6.18. The van der Waals surface area contributed by atoms with Gasteiger partial charge in [-0.2, -0.15) is 0 Å². The first-order valence-electron chi connectivity index (χ1n) is 5.91. The third-order valence-electron chi connectivity index (χ3n) is 2.36. The summed E-state index contributed by atoms with van der Waals surface area (Å²) in [4.78, 5) is 10.8. The monoisotopic (exact) mass is 252 g/mol. The summed E-state index contributed by atoms with van der Waals surface area (Å²) >= 11 is 0. The number of hydrogen-bond acceptors (Lipinski definition) is 5. The molecule has 18 heavy (non-hydrogen) atoms. The number of ether oxygens (including phenoxy) is 2. The molecule has 0 spiro atoms. The second kappa shape index (κ2) is 7.68. The minimum absolute atomic E-state index is 0.285. The van der Waals surface area contributed by atoms with Crippen LogP contribution >= 0.6 is 0 Å². The van der Waals surface area contributed by atoms with Crippen LogP contribution in [0.5, 0.6) is 5.75 Å². The van der Waals surface area contributed by atoms with Gasteiger partial charge in [0.1, 0.15) is 18.5 Å². The Labute approximate surface area is 107 Å². The zero-order valence-corrected chi connectivity index (χ0v) is 10.4. The van der Waals surface area contributed by atoms with Crippen LogP contribution in [0.1, 0.15) is 12.5 Å². The third-order valence-corrected chi connectivity index (χ3v) is 2.36. The lowest BCUT2D eigenvalue weighted by Crippen LogP contribution is -2.39. The molecule has 1 atom stereocenters. The molecule has 0 aliphatic heterocycles. The highest BCUT2D eigenvalue weighted by Gasteiger charge is 2.10. The van der Waals surface area contributed by atoms with Gasteiger partial charge in [-0.25, -0.2) is 0 Å². The number of carbonyl (C=O) groups is 1. The van der Waals surface area contributed by atoms with E-state index in [1.807, 2.05) is 0 Å². The third kappa shape index (κ3) is 4.73. The van der Waals surface area contributed by atoms with Crippen molar-refractivity contribution in [2.75, 3.05) is 19.8 Å². The molecule has 1 aromatic rings. The van der Waals surface area contributed by atoms with Crippen LogP contribution in [0.2, 0.25) is 0 Å². The summed E-state index contributed by atoms with van der Waals surface area (Å²) < 4.78 is 10.4. The molecule has 5 heteroatoms. The van der Waals surface area contributed by atoms with Crippen molar-refractivity contribution >= 4 is 5.97 Å². The molecule has 1 aromatic carbocycles. The summed E-state index contributed by atoms with van der Waals surface area (Å²) in [7, 11) is 0. The zero-order chi connectivity index (χ0) is 13.4. The quantitative estimate of drug-likeness (QED) is 0.688. The fourth-order valence-electron chi connectivity index (χ4n) is 1.52. The maximum absolute atomic E-state index is 10.8. The number of rotatable bonds is 8. The van der Waals surface area contributed by atoms with Crippen LogP contribution in [-0.2, 0) is 16.0 Å². The van der Waals surface area contributed by atoms with Crippen LogP contribution in [0.15, 0.2) is 24.3 Å². The Morgan fingerprint density at radius 3 is 2.56 bits per heavy atom. The molecule has 0 saturated heterocycles. The number of aliphatic carboxylic acids is 1. The number of benzene rings is 1. The number of carboxylic acid groups (broad SMARTS) is 1. The summed E-state index contributed by atoms with van der Waals surface area (Å²) in [6.07, 6.45) is -0.626. The minimum atomic E-state index is -1.19. The smallest absolute Gasteiger partial charge is 0.119 e. The molecular formula is C13H18NO4-. The molecule has 5 nitrogen and oxygen atoms in total. The van der Waals surface area contributed by atoms with Gasteiger partial charge >= 0.3 is 0 Å². The Morgan fingerprint density at radius 1 is 1.39 bits per heavy atom. The SMILES string of the molecule is CCOC(Cc1ccc(OCCN)cc1)C(=O)[O-]. The number of nitrogens with two attached hydrogens (primary N) is 1. The lowest BCUT2D eigenvalue weighted by atomic mass is 10.1. The molecule has 0 fully saturated rings. The average Bonchev–Trinajstić information content (AvgIpc) is 2.37. The summed E-state index contributed by atoms with van der Waals surface area (Å²) in [6.45, 7) is 3.01. The topological polar surface area (TPSA) is 84.6 Å². The highest BCUT2D eigenvalue weighted by molar-refractivity contribution is 5.70. The molecule has 0 aromatic heterocycles. The fourth-order valence-corrected chi connectivity index (χ4v) is 1.52. The van der Waals surface area contributed by atoms with E-state index < -0.39 is 12.1 Å². The first-order chi connectivity index (χ1) is 8.67. The number of carboxylic acids is 1. The zero-order valence-electron chi connectivity index (χ0n) is 10.4. The molecule has 0 amide bonds. The lowest BCUT2D eigenvalue weighted by Gasteiger charge is -2.18. The number of carbonyl (C=O) groups excluding carboxylic acids is 1. The van der Waals surface area contributed by atoms with E-state index in [1.54, 1.807) is 31.2 Å². The van der Waals surface area contributed by atoms with Crippen molar-refractivity contribution in [1.82, 2.24) is 0 Å². The van der Waals surface area contributed by atoms with Gasteiger partial charge in [0.2, 0.25) is 0 Å². The van der Waals surface area contributed by atoms with E-state index in [2.05, 4.69) is 0 Å². The highest BCUT2D eigenvalue weighted by atomic mass is 16.5. The molecular weight excluding hydrogens is 234 g/mol. The van der Waals surface area contributed by atoms with Crippen LogP contribution < -0.4 is 15.6 Å². The molecule has 100 valence electrons. The Bertz CT molecular complexity index is 364. The summed E-state index contributed by atoms with van der Waals surface area (Å²) in [5.74, 6) is -0.481. The van der Waals surface area contributed by atoms with E-state index in [4.69, 9.17) is 15.2 Å². The van der Waals surface area contributed by atoms with Gasteiger partial charge in [-0.1, -0.05) is 12.1 Å². The van der Waals surface area contributed by atoms with Crippen molar-refractivity contribution in [2.24, 2.45) is 5.73 Å². The van der Waals surface area contributed by atoms with Gasteiger partial charge in [-0.3, -0.25) is 0 Å². The molecule has 0 aliphatic carbocycles. The van der Waals surface area contributed by atoms with Gasteiger partial charge in [-0.05, 0) is 24.6 Å². The molecule has 0 bridgehead atoms. The highest BCUT2D eigenvalue weighted by Crippen LogP contribution is 2.14. The van der Waals surface area contributed by atoms with Gasteiger partial charge in [0.05, 0.1) is 5.97 Å². The van der Waals surface area contributed by atoms with E-state index in [0.29, 0.717) is 25.5 Å². The van der Waals surface area contributed by atoms with Gasteiger partial charge in [0, 0.05) is 19.6 Å². The summed E-state index contributed by atoms with van der Waals surface area (Å²) in [5, 5.41) is 10.8. The molecule has 2 N–H and O–H groups in total. The van der Waals surface area contributed by atoms with Gasteiger partial charge in [0.25, 0.3) is 0 Å². The first-order valence-corrected chi connectivity index (χ1v) is 5.91. The molecule has 0 aliphatic rings. The van der Waals surface area contributed by atoms with Crippen molar-refractivity contribution in [3.63, 3.8) is 0 Å². The summed E-state index contributed by atoms with van der Waals surface area (Å²) in [5.41, 5.74) is 6.18. The van der Waals surface area contributed by atoms with Crippen LogP contribution in [-0.4, -0.2) is 31.8 Å². The first kappa shape index (κ1) is 14.5. The van der Waals surface area contributed by atoms with Crippen molar-refractivity contribution in [3.8, 4) is 5.75 Å². The van der Waals surface area contributed by atoms with Gasteiger partial charge in [0.15, 0.2) is 0 Å². The molecule has 0 saturated carbocycles. The average molecular weight is 252 g/mol. The summed E-state index contributed by atoms with van der Waals surface area (Å²) in [6, 6.07) is 7.17. The van der Waals surface area contributed by atoms with Gasteiger partial charge < -0.3 is 25.1 Å². The second-order valence-electron chi connectivity index (χ2n) is 3.75.